The normalized spacial score (nSPS) is 17.4. The summed E-state index contributed by atoms with van der Waals surface area (Å²) in [6.45, 7) is 0.774. The van der Waals surface area contributed by atoms with Crippen molar-refractivity contribution in [3.63, 3.8) is 0 Å². The Morgan fingerprint density at radius 3 is 2.77 bits per heavy atom. The van der Waals surface area contributed by atoms with Crippen molar-refractivity contribution in [2.75, 3.05) is 13.1 Å². The molecule has 0 saturated carbocycles. The van der Waals surface area contributed by atoms with E-state index in [1.807, 2.05) is 6.07 Å². The summed E-state index contributed by atoms with van der Waals surface area (Å²) < 4.78 is 28.8. The predicted molar refractivity (Wildman–Crippen MR) is 114 cm³/mol. The van der Waals surface area contributed by atoms with Gasteiger partial charge in [-0.2, -0.15) is 9.40 Å². The summed E-state index contributed by atoms with van der Waals surface area (Å²) in [4.78, 5) is 21.2. The number of aromatic nitrogens is 4. The monoisotopic (exact) mass is 460 g/mol. The zero-order chi connectivity index (χ0) is 21.8. The molecule has 1 amide bonds. The fraction of sp³-hybridized carbons (Fsp3) is 0.300. The van der Waals surface area contributed by atoms with Gasteiger partial charge in [0.25, 0.3) is 0 Å². The summed E-state index contributed by atoms with van der Waals surface area (Å²) >= 11 is 5.87. The van der Waals surface area contributed by atoms with Gasteiger partial charge in [-0.3, -0.25) is 4.79 Å². The molecule has 0 spiro atoms. The molecule has 3 heterocycles. The van der Waals surface area contributed by atoms with Gasteiger partial charge < -0.3 is 5.32 Å². The number of piperidine rings is 1. The Hall–Kier alpha value is -2.82. The van der Waals surface area contributed by atoms with Crippen molar-refractivity contribution in [1.29, 1.82) is 0 Å². The summed E-state index contributed by atoms with van der Waals surface area (Å²) in [5.74, 6) is -0.0393. The lowest BCUT2D eigenvalue weighted by Gasteiger charge is -2.31. The summed E-state index contributed by atoms with van der Waals surface area (Å²) in [6.07, 6.45) is 5.83. The Labute approximate surface area is 185 Å². The summed E-state index contributed by atoms with van der Waals surface area (Å²) in [7, 11) is -3.68. The van der Waals surface area contributed by atoms with Crippen LogP contribution in [0.5, 0.6) is 0 Å². The van der Waals surface area contributed by atoms with E-state index >= 15 is 0 Å². The number of carbonyl (C=O) groups is 1. The van der Waals surface area contributed by atoms with Gasteiger partial charge in [-0.05, 0) is 43.2 Å². The lowest BCUT2D eigenvalue weighted by atomic mass is 9.99. The molecule has 2 aromatic heterocycles. The van der Waals surface area contributed by atoms with Gasteiger partial charge in [0, 0.05) is 36.4 Å². The Morgan fingerprint density at radius 2 is 2.03 bits per heavy atom. The first-order valence-corrected chi connectivity index (χ1v) is 11.6. The Balaban J connectivity index is 1.43. The molecule has 1 aromatic carbocycles. The maximum absolute atomic E-state index is 12.9. The molecule has 1 aliphatic rings. The highest BCUT2D eigenvalue weighted by molar-refractivity contribution is 7.89. The molecule has 11 heteroatoms. The number of rotatable bonds is 6. The van der Waals surface area contributed by atoms with Crippen LogP contribution in [0.1, 0.15) is 18.4 Å². The van der Waals surface area contributed by atoms with Gasteiger partial charge in [-0.1, -0.05) is 17.7 Å². The molecule has 4 rings (SSSR count). The molecule has 1 N–H and O–H groups in total. The Bertz CT molecular complexity index is 1150. The number of halogens is 1. The third kappa shape index (κ3) is 4.76. The SMILES string of the molecule is O=C(NCc1cccnc1-n1cncn1)C1CCCN(S(=O)(=O)c2ccc(Cl)cc2)C1. The highest BCUT2D eigenvalue weighted by Gasteiger charge is 2.33. The van der Waals surface area contributed by atoms with E-state index in [1.165, 1.54) is 33.8 Å². The largest absolute Gasteiger partial charge is 0.352 e. The molecule has 1 atom stereocenters. The quantitative estimate of drug-likeness (QED) is 0.602. The zero-order valence-corrected chi connectivity index (χ0v) is 18.1. The van der Waals surface area contributed by atoms with Gasteiger partial charge in [-0.15, -0.1) is 0 Å². The van der Waals surface area contributed by atoms with Crippen LogP contribution in [0.3, 0.4) is 0 Å². The van der Waals surface area contributed by atoms with Crippen molar-refractivity contribution in [1.82, 2.24) is 29.4 Å². The summed E-state index contributed by atoms with van der Waals surface area (Å²) in [5.41, 5.74) is 0.780. The summed E-state index contributed by atoms with van der Waals surface area (Å²) in [6, 6.07) is 9.68. The van der Waals surface area contributed by atoms with E-state index in [2.05, 4.69) is 20.4 Å². The molecule has 0 bridgehead atoms. The van der Waals surface area contributed by atoms with Crippen molar-refractivity contribution >= 4 is 27.5 Å². The molecule has 0 aliphatic carbocycles. The standard InChI is InChI=1S/C20H21ClN6O3S/c21-17-5-7-18(8-6-17)31(29,30)26-10-2-4-16(12-26)20(28)24-11-15-3-1-9-23-19(15)27-14-22-13-25-27/h1,3,5-9,13-14,16H,2,4,10-12H2,(H,24,28). The van der Waals surface area contributed by atoms with E-state index in [-0.39, 0.29) is 23.9 Å². The Morgan fingerprint density at radius 1 is 1.23 bits per heavy atom. The van der Waals surface area contributed by atoms with E-state index in [0.29, 0.717) is 30.2 Å². The van der Waals surface area contributed by atoms with Crippen LogP contribution in [0.25, 0.3) is 5.82 Å². The van der Waals surface area contributed by atoms with Crippen LogP contribution in [-0.2, 0) is 21.4 Å². The van der Waals surface area contributed by atoms with Gasteiger partial charge in [0.15, 0.2) is 5.82 Å². The number of nitrogens with zero attached hydrogens (tertiary/aromatic N) is 5. The highest BCUT2D eigenvalue weighted by atomic mass is 35.5. The van der Waals surface area contributed by atoms with Crippen LogP contribution in [0, 0.1) is 5.92 Å². The fourth-order valence-electron chi connectivity index (χ4n) is 3.55. The van der Waals surface area contributed by atoms with Gasteiger partial charge in [0.1, 0.15) is 12.7 Å². The molecular weight excluding hydrogens is 440 g/mol. The molecule has 1 saturated heterocycles. The van der Waals surface area contributed by atoms with Crippen molar-refractivity contribution < 1.29 is 13.2 Å². The molecule has 1 unspecified atom stereocenters. The summed E-state index contributed by atoms with van der Waals surface area (Å²) in [5, 5.41) is 7.46. The van der Waals surface area contributed by atoms with Crippen molar-refractivity contribution in [3.8, 4) is 5.82 Å². The first kappa shape index (κ1) is 21.4. The van der Waals surface area contributed by atoms with Crippen LogP contribution < -0.4 is 5.32 Å². The van der Waals surface area contributed by atoms with E-state index in [1.54, 1.807) is 24.4 Å². The number of carbonyl (C=O) groups excluding carboxylic acids is 1. The molecule has 31 heavy (non-hydrogen) atoms. The molecule has 1 fully saturated rings. The topological polar surface area (TPSA) is 110 Å². The van der Waals surface area contributed by atoms with E-state index in [0.717, 1.165) is 5.56 Å². The molecule has 162 valence electrons. The molecule has 9 nitrogen and oxygen atoms in total. The number of benzene rings is 1. The second kappa shape index (κ2) is 9.13. The smallest absolute Gasteiger partial charge is 0.243 e. The maximum Gasteiger partial charge on any atom is 0.243 e. The minimum absolute atomic E-state index is 0.139. The molecule has 0 radical (unpaired) electrons. The number of hydrogen-bond donors (Lipinski definition) is 1. The molecular formula is C20H21ClN6O3S. The fourth-order valence-corrected chi connectivity index (χ4v) is 5.20. The lowest BCUT2D eigenvalue weighted by Crippen LogP contribution is -2.45. The first-order chi connectivity index (χ1) is 14.9. The van der Waals surface area contributed by atoms with E-state index in [9.17, 15) is 13.2 Å². The van der Waals surface area contributed by atoms with E-state index in [4.69, 9.17) is 11.6 Å². The average molecular weight is 461 g/mol. The molecule has 1 aliphatic heterocycles. The van der Waals surface area contributed by atoms with E-state index < -0.39 is 15.9 Å². The lowest BCUT2D eigenvalue weighted by molar-refractivity contribution is -0.126. The molecule has 3 aromatic rings. The Kier molecular flexibility index (Phi) is 6.30. The zero-order valence-electron chi connectivity index (χ0n) is 16.6. The van der Waals surface area contributed by atoms with Gasteiger partial charge in [0.05, 0.1) is 10.8 Å². The maximum atomic E-state index is 12.9. The van der Waals surface area contributed by atoms with Crippen LogP contribution in [0.15, 0.2) is 60.1 Å². The first-order valence-electron chi connectivity index (χ1n) is 9.77. The third-order valence-electron chi connectivity index (χ3n) is 5.16. The number of nitrogens with one attached hydrogen (secondary N) is 1. The second-order valence-corrected chi connectivity index (χ2v) is 9.57. The second-order valence-electron chi connectivity index (χ2n) is 7.20. The van der Waals surface area contributed by atoms with Gasteiger partial charge >= 0.3 is 0 Å². The number of amides is 1. The van der Waals surface area contributed by atoms with Crippen molar-refractivity contribution in [2.45, 2.75) is 24.3 Å². The van der Waals surface area contributed by atoms with Crippen molar-refractivity contribution in [3.05, 3.63) is 65.8 Å². The number of pyridine rings is 1. The highest BCUT2D eigenvalue weighted by Crippen LogP contribution is 2.25. The van der Waals surface area contributed by atoms with Gasteiger partial charge in [-0.25, -0.2) is 23.1 Å². The minimum atomic E-state index is -3.68. The van der Waals surface area contributed by atoms with Crippen LogP contribution >= 0.6 is 11.6 Å². The number of hydrogen-bond acceptors (Lipinski definition) is 6. The number of sulfonamides is 1. The van der Waals surface area contributed by atoms with Crippen LogP contribution in [-0.4, -0.2) is 51.5 Å². The predicted octanol–water partition coefficient (Wildman–Crippen LogP) is 2.03. The van der Waals surface area contributed by atoms with Crippen LogP contribution in [0.4, 0.5) is 0 Å². The average Bonchev–Trinajstić information content (AvgIpc) is 3.33. The minimum Gasteiger partial charge on any atom is -0.352 e. The van der Waals surface area contributed by atoms with Crippen molar-refractivity contribution in [2.24, 2.45) is 5.92 Å². The third-order valence-corrected chi connectivity index (χ3v) is 7.29. The van der Waals surface area contributed by atoms with Gasteiger partial charge in [0.2, 0.25) is 15.9 Å². The van der Waals surface area contributed by atoms with Crippen LogP contribution in [0.2, 0.25) is 5.02 Å².